The van der Waals surface area contributed by atoms with E-state index >= 15 is 0 Å². The fourth-order valence-corrected chi connectivity index (χ4v) is 6.75. The quantitative estimate of drug-likeness (QED) is 0.616. The lowest BCUT2D eigenvalue weighted by Crippen LogP contribution is -2.67. The van der Waals surface area contributed by atoms with Gasteiger partial charge in [-0.25, -0.2) is 0 Å². The Morgan fingerprint density at radius 1 is 1.26 bits per heavy atom. The summed E-state index contributed by atoms with van der Waals surface area (Å²) in [5.41, 5.74) is 1.01. The highest BCUT2D eigenvalue weighted by Gasteiger charge is 2.65. The van der Waals surface area contributed by atoms with Gasteiger partial charge in [0.1, 0.15) is 0 Å². The Bertz CT molecular complexity index is 905. The first kappa shape index (κ1) is 27.6. The van der Waals surface area contributed by atoms with Crippen LogP contribution in [0.15, 0.2) is 24.3 Å². The van der Waals surface area contributed by atoms with Gasteiger partial charge < -0.3 is 29.5 Å². The lowest BCUT2D eigenvalue weighted by atomic mass is 9.54. The van der Waals surface area contributed by atoms with Crippen molar-refractivity contribution in [3.63, 3.8) is 0 Å². The molecule has 0 spiro atoms. The standard InChI is InChI=1S/C25H36N2O6.C2H6/c1-14-22(24(31)32-5)17-12-21(30)25(10-11-26(4)15(2)28)19-8-6-7-9-20(19)27(16(3)29)23(25)18(17)13-33-14;1-2/h6-9,14,17-18,21-24,30-31H,10-13H2,1-5H3;1-2H3/t14-,17?,18?,21?,22+,23+,24?,25?;/m1./s1. The highest BCUT2D eigenvalue weighted by atomic mass is 16.6. The van der Waals surface area contributed by atoms with Crippen molar-refractivity contribution in [2.24, 2.45) is 17.8 Å². The SMILES string of the molecule is CC.COC(O)[C@@H]1C2CC(O)C3(CCN(C)C(C)=O)c4ccccc4N(C(C)=O)[C@H]3C2CO[C@@H]1C. The molecule has 8 heteroatoms. The van der Waals surface area contributed by atoms with Gasteiger partial charge in [-0.05, 0) is 37.3 Å². The van der Waals surface area contributed by atoms with Gasteiger partial charge in [0, 0.05) is 57.5 Å². The van der Waals surface area contributed by atoms with Gasteiger partial charge in [0.05, 0.1) is 24.9 Å². The summed E-state index contributed by atoms with van der Waals surface area (Å²) in [7, 11) is 3.22. The van der Waals surface area contributed by atoms with Crippen molar-refractivity contribution in [1.29, 1.82) is 0 Å². The van der Waals surface area contributed by atoms with Crippen molar-refractivity contribution in [1.82, 2.24) is 4.90 Å². The van der Waals surface area contributed by atoms with Crippen molar-refractivity contribution >= 4 is 17.5 Å². The van der Waals surface area contributed by atoms with E-state index in [9.17, 15) is 19.8 Å². The predicted molar refractivity (Wildman–Crippen MR) is 134 cm³/mol. The van der Waals surface area contributed by atoms with E-state index < -0.39 is 17.8 Å². The second-order valence-corrected chi connectivity index (χ2v) is 9.90. The van der Waals surface area contributed by atoms with Gasteiger partial charge in [-0.2, -0.15) is 0 Å². The van der Waals surface area contributed by atoms with Crippen LogP contribution in [-0.4, -0.2) is 78.8 Å². The highest BCUT2D eigenvalue weighted by molar-refractivity contribution is 5.96. The average molecular weight is 491 g/mol. The molecule has 1 aliphatic carbocycles. The number of rotatable bonds is 5. The summed E-state index contributed by atoms with van der Waals surface area (Å²) in [6.07, 6.45) is -1.04. The van der Waals surface area contributed by atoms with Gasteiger partial charge in [0.25, 0.3) is 0 Å². The van der Waals surface area contributed by atoms with E-state index in [1.54, 1.807) is 18.9 Å². The van der Waals surface area contributed by atoms with E-state index in [1.165, 1.54) is 14.0 Å². The molecule has 0 radical (unpaired) electrons. The van der Waals surface area contributed by atoms with E-state index in [0.717, 1.165) is 11.3 Å². The van der Waals surface area contributed by atoms with Crippen LogP contribution in [0, 0.1) is 17.8 Å². The third-order valence-corrected chi connectivity index (χ3v) is 8.41. The number of benzene rings is 1. The zero-order valence-corrected chi connectivity index (χ0v) is 22.1. The monoisotopic (exact) mass is 490 g/mol. The van der Waals surface area contributed by atoms with Crippen LogP contribution in [-0.2, 0) is 24.5 Å². The molecule has 5 unspecified atom stereocenters. The van der Waals surface area contributed by atoms with Crippen molar-refractivity contribution in [2.75, 3.05) is 32.2 Å². The fourth-order valence-electron chi connectivity index (χ4n) is 6.75. The summed E-state index contributed by atoms with van der Waals surface area (Å²) in [6.45, 7) is 9.89. The number of carbonyl (C=O) groups excluding carboxylic acids is 2. The van der Waals surface area contributed by atoms with Crippen LogP contribution in [0.4, 0.5) is 5.69 Å². The Labute approximate surface area is 209 Å². The highest BCUT2D eigenvalue weighted by Crippen LogP contribution is 2.59. The molecule has 2 N–H and O–H groups in total. The number of nitrogens with zero attached hydrogens (tertiary/aromatic N) is 2. The van der Waals surface area contributed by atoms with Crippen LogP contribution in [0.1, 0.15) is 53.0 Å². The number of para-hydroxylation sites is 1. The molecule has 35 heavy (non-hydrogen) atoms. The first-order valence-electron chi connectivity index (χ1n) is 12.8. The van der Waals surface area contributed by atoms with Gasteiger partial charge in [0.15, 0.2) is 6.29 Å². The molecule has 8 nitrogen and oxygen atoms in total. The number of fused-ring (bicyclic) bond motifs is 5. The summed E-state index contributed by atoms with van der Waals surface area (Å²) >= 11 is 0. The molecule has 2 heterocycles. The Morgan fingerprint density at radius 3 is 2.51 bits per heavy atom. The van der Waals surface area contributed by atoms with Crippen molar-refractivity contribution < 1.29 is 29.3 Å². The molecule has 196 valence electrons. The molecular formula is C27H42N2O6. The van der Waals surface area contributed by atoms with Crippen LogP contribution in [0.2, 0.25) is 0 Å². The number of aliphatic hydroxyl groups excluding tert-OH is 2. The van der Waals surface area contributed by atoms with Crippen LogP contribution in [0.25, 0.3) is 0 Å². The van der Waals surface area contributed by atoms with Crippen LogP contribution in [0.3, 0.4) is 0 Å². The molecule has 1 saturated carbocycles. The lowest BCUT2D eigenvalue weighted by Gasteiger charge is -2.57. The number of carbonyl (C=O) groups is 2. The molecule has 4 rings (SSSR count). The van der Waals surface area contributed by atoms with E-state index in [0.29, 0.717) is 26.0 Å². The fraction of sp³-hybridized carbons (Fsp3) is 0.704. The molecule has 0 aromatic heterocycles. The lowest BCUT2D eigenvalue weighted by molar-refractivity contribution is -0.218. The minimum Gasteiger partial charge on any atom is -0.392 e. The molecule has 1 saturated heterocycles. The van der Waals surface area contributed by atoms with Crippen molar-refractivity contribution in [2.45, 2.75) is 77.4 Å². The minimum absolute atomic E-state index is 0.0427. The zero-order chi connectivity index (χ0) is 26.1. The number of ether oxygens (including phenoxy) is 2. The molecule has 2 fully saturated rings. The van der Waals surface area contributed by atoms with Crippen molar-refractivity contribution in [3.8, 4) is 0 Å². The summed E-state index contributed by atoms with van der Waals surface area (Å²) in [5, 5.41) is 22.5. The molecule has 0 bridgehead atoms. The Balaban J connectivity index is 0.00000167. The number of methoxy groups -OCH3 is 1. The summed E-state index contributed by atoms with van der Waals surface area (Å²) < 4.78 is 11.4. The third kappa shape index (κ3) is 4.50. The van der Waals surface area contributed by atoms with Crippen LogP contribution >= 0.6 is 0 Å². The van der Waals surface area contributed by atoms with Gasteiger partial charge in [-0.3, -0.25) is 9.59 Å². The summed E-state index contributed by atoms with van der Waals surface area (Å²) in [6, 6.07) is 7.42. The van der Waals surface area contributed by atoms with Gasteiger partial charge >= 0.3 is 0 Å². The molecule has 2 amide bonds. The summed E-state index contributed by atoms with van der Waals surface area (Å²) in [5.74, 6) is -0.640. The molecular weight excluding hydrogens is 448 g/mol. The normalized spacial score (nSPS) is 34.0. The molecule has 8 atom stereocenters. The smallest absolute Gasteiger partial charge is 0.224 e. The maximum absolute atomic E-state index is 13.0. The number of hydrogen-bond acceptors (Lipinski definition) is 6. The minimum atomic E-state index is -1.02. The third-order valence-electron chi connectivity index (χ3n) is 8.41. The maximum atomic E-state index is 13.0. The van der Waals surface area contributed by atoms with E-state index in [-0.39, 0.29) is 41.7 Å². The molecule has 1 aromatic rings. The van der Waals surface area contributed by atoms with Crippen LogP contribution in [0.5, 0.6) is 0 Å². The van der Waals surface area contributed by atoms with Crippen molar-refractivity contribution in [3.05, 3.63) is 29.8 Å². The number of hydrogen-bond donors (Lipinski definition) is 2. The molecule has 1 aromatic carbocycles. The van der Waals surface area contributed by atoms with E-state index in [4.69, 9.17) is 9.47 Å². The summed E-state index contributed by atoms with van der Waals surface area (Å²) in [4.78, 5) is 28.5. The van der Waals surface area contributed by atoms with Gasteiger partial charge in [-0.15, -0.1) is 0 Å². The van der Waals surface area contributed by atoms with E-state index in [1.807, 2.05) is 49.9 Å². The second-order valence-electron chi connectivity index (χ2n) is 9.90. The van der Waals surface area contributed by atoms with E-state index in [2.05, 4.69) is 0 Å². The largest absolute Gasteiger partial charge is 0.392 e. The van der Waals surface area contributed by atoms with Gasteiger partial charge in [-0.1, -0.05) is 32.0 Å². The van der Waals surface area contributed by atoms with Gasteiger partial charge in [0.2, 0.25) is 11.8 Å². The number of anilines is 1. The topological polar surface area (TPSA) is 99.5 Å². The number of aliphatic hydroxyl groups is 2. The Morgan fingerprint density at radius 2 is 1.91 bits per heavy atom. The predicted octanol–water partition coefficient (Wildman–Crippen LogP) is 2.55. The maximum Gasteiger partial charge on any atom is 0.224 e. The Hall–Kier alpha value is -2.00. The molecule has 3 aliphatic rings. The second kappa shape index (κ2) is 10.9. The number of amides is 2. The molecule has 2 aliphatic heterocycles. The Kier molecular flexibility index (Phi) is 8.63. The first-order chi connectivity index (χ1) is 16.6. The van der Waals surface area contributed by atoms with Crippen LogP contribution < -0.4 is 4.90 Å². The zero-order valence-electron chi connectivity index (χ0n) is 22.1. The average Bonchev–Trinajstić information content (AvgIpc) is 3.15. The first-order valence-corrected chi connectivity index (χ1v) is 12.8.